The lowest BCUT2D eigenvalue weighted by Crippen LogP contribution is -2.54. The van der Waals surface area contributed by atoms with Crippen LogP contribution in [0, 0.1) is 11.6 Å². The first-order chi connectivity index (χ1) is 8.32. The molecule has 1 aromatic carbocycles. The number of hydrogen-bond acceptors (Lipinski definition) is 3. The van der Waals surface area contributed by atoms with Crippen LogP contribution in [0.4, 0.5) is 8.78 Å². The predicted octanol–water partition coefficient (Wildman–Crippen LogP) is 1.55. The number of nitrogens with two attached hydrogens (primary N) is 1. The van der Waals surface area contributed by atoms with Crippen LogP contribution in [0.15, 0.2) is 23.1 Å². The molecule has 0 amide bonds. The maximum absolute atomic E-state index is 13.0. The van der Waals surface area contributed by atoms with E-state index in [4.69, 9.17) is 5.73 Å². The van der Waals surface area contributed by atoms with Crippen molar-refractivity contribution in [2.75, 3.05) is 6.54 Å². The first-order valence-electron chi connectivity index (χ1n) is 5.56. The lowest BCUT2D eigenvalue weighted by molar-refractivity contribution is 0.251. The molecule has 0 heterocycles. The summed E-state index contributed by atoms with van der Waals surface area (Å²) in [6, 6.07) is 2.46. The van der Waals surface area contributed by atoms with Crippen molar-refractivity contribution >= 4 is 22.4 Å². The highest BCUT2D eigenvalue weighted by atomic mass is 35.5. The van der Waals surface area contributed by atoms with Gasteiger partial charge in [-0.3, -0.25) is 0 Å². The topological polar surface area (TPSA) is 72.2 Å². The van der Waals surface area contributed by atoms with Gasteiger partial charge >= 0.3 is 0 Å². The zero-order valence-corrected chi connectivity index (χ0v) is 11.7. The molecule has 1 saturated carbocycles. The molecule has 0 saturated heterocycles. The third kappa shape index (κ3) is 3.62. The summed E-state index contributed by atoms with van der Waals surface area (Å²) < 4.78 is 51.7. The van der Waals surface area contributed by atoms with E-state index in [0.29, 0.717) is 6.07 Å². The molecule has 1 aromatic rings. The van der Waals surface area contributed by atoms with Crippen molar-refractivity contribution in [2.45, 2.75) is 29.7 Å². The Morgan fingerprint density at radius 1 is 1.26 bits per heavy atom. The second kappa shape index (κ2) is 5.70. The number of hydrogen-bond donors (Lipinski definition) is 2. The first-order valence-corrected chi connectivity index (χ1v) is 7.04. The molecule has 0 spiro atoms. The van der Waals surface area contributed by atoms with Gasteiger partial charge in [0.25, 0.3) is 0 Å². The van der Waals surface area contributed by atoms with Gasteiger partial charge in [0, 0.05) is 12.1 Å². The van der Waals surface area contributed by atoms with E-state index in [-0.39, 0.29) is 23.8 Å². The van der Waals surface area contributed by atoms with E-state index < -0.39 is 27.2 Å². The molecule has 0 aromatic heterocycles. The molecule has 1 aliphatic rings. The van der Waals surface area contributed by atoms with Gasteiger partial charge in [0.05, 0.1) is 4.90 Å². The van der Waals surface area contributed by atoms with Crippen molar-refractivity contribution in [1.82, 2.24) is 4.72 Å². The van der Waals surface area contributed by atoms with E-state index >= 15 is 0 Å². The van der Waals surface area contributed by atoms with Gasteiger partial charge in [-0.2, -0.15) is 0 Å². The highest BCUT2D eigenvalue weighted by molar-refractivity contribution is 7.89. The van der Waals surface area contributed by atoms with E-state index in [9.17, 15) is 17.2 Å². The third-order valence-electron chi connectivity index (χ3n) is 3.16. The van der Waals surface area contributed by atoms with Gasteiger partial charge in [-0.25, -0.2) is 21.9 Å². The summed E-state index contributed by atoms with van der Waals surface area (Å²) in [5, 5.41) is 0. The Balaban J connectivity index is 0.00000180. The molecule has 0 bridgehead atoms. The number of benzene rings is 1. The molecule has 1 fully saturated rings. The summed E-state index contributed by atoms with van der Waals surface area (Å²) in [4.78, 5) is -0.302. The standard InChI is InChI=1S/C11H14F2N2O2S.ClH/c12-9-3-2-8(6-10(9)13)18(16,17)15-7-11(14)4-1-5-11;/h2-3,6,15H,1,4-5,7,14H2;1H. The Morgan fingerprint density at radius 3 is 2.37 bits per heavy atom. The van der Waals surface area contributed by atoms with Crippen LogP contribution < -0.4 is 10.5 Å². The van der Waals surface area contributed by atoms with Gasteiger partial charge < -0.3 is 5.73 Å². The summed E-state index contributed by atoms with van der Waals surface area (Å²) in [5.74, 6) is -2.27. The highest BCUT2D eigenvalue weighted by Gasteiger charge is 2.33. The fraction of sp³-hybridized carbons (Fsp3) is 0.455. The SMILES string of the molecule is Cl.NC1(CNS(=O)(=O)c2ccc(F)c(F)c2)CCC1. The van der Waals surface area contributed by atoms with Gasteiger partial charge in [-0.15, -0.1) is 12.4 Å². The van der Waals surface area contributed by atoms with Crippen molar-refractivity contribution < 1.29 is 17.2 Å². The lowest BCUT2D eigenvalue weighted by Gasteiger charge is -2.37. The van der Waals surface area contributed by atoms with E-state index in [1.165, 1.54) is 0 Å². The fourth-order valence-corrected chi connectivity index (χ4v) is 2.92. The summed E-state index contributed by atoms with van der Waals surface area (Å²) in [6.07, 6.45) is 2.49. The first kappa shape index (κ1) is 16.3. The van der Waals surface area contributed by atoms with Crippen molar-refractivity contribution in [3.8, 4) is 0 Å². The molecular formula is C11H15ClF2N2O2S. The zero-order valence-electron chi connectivity index (χ0n) is 10.0. The third-order valence-corrected chi connectivity index (χ3v) is 4.56. The zero-order chi connectivity index (χ0) is 13.4. The molecule has 4 nitrogen and oxygen atoms in total. The second-order valence-electron chi connectivity index (χ2n) is 4.62. The van der Waals surface area contributed by atoms with Crippen LogP contribution in [0.2, 0.25) is 0 Å². The van der Waals surface area contributed by atoms with Crippen LogP contribution in [0.25, 0.3) is 0 Å². The molecular weight excluding hydrogens is 298 g/mol. The van der Waals surface area contributed by atoms with Gasteiger partial charge in [0.1, 0.15) is 0 Å². The summed E-state index contributed by atoms with van der Waals surface area (Å²) >= 11 is 0. The van der Waals surface area contributed by atoms with Crippen LogP contribution in [0.5, 0.6) is 0 Å². The monoisotopic (exact) mass is 312 g/mol. The molecule has 2 rings (SSSR count). The molecule has 3 N–H and O–H groups in total. The number of nitrogens with one attached hydrogen (secondary N) is 1. The maximum atomic E-state index is 13.0. The molecule has 19 heavy (non-hydrogen) atoms. The Hall–Kier alpha value is -0.760. The van der Waals surface area contributed by atoms with Crippen molar-refractivity contribution in [1.29, 1.82) is 0 Å². The summed E-state index contributed by atoms with van der Waals surface area (Å²) in [6.45, 7) is 0.105. The molecule has 0 unspecified atom stereocenters. The van der Waals surface area contributed by atoms with Crippen molar-refractivity contribution in [3.05, 3.63) is 29.8 Å². The average Bonchev–Trinajstić information content (AvgIpc) is 2.27. The predicted molar refractivity (Wildman–Crippen MR) is 69.6 cm³/mol. The van der Waals surface area contributed by atoms with Crippen molar-refractivity contribution in [3.63, 3.8) is 0 Å². The van der Waals surface area contributed by atoms with E-state index in [1.807, 2.05) is 0 Å². The van der Waals surface area contributed by atoms with Gasteiger partial charge in [-0.05, 0) is 37.5 Å². The van der Waals surface area contributed by atoms with E-state index in [1.54, 1.807) is 0 Å². The second-order valence-corrected chi connectivity index (χ2v) is 6.38. The van der Waals surface area contributed by atoms with E-state index in [2.05, 4.69) is 4.72 Å². The quantitative estimate of drug-likeness (QED) is 0.886. The molecule has 108 valence electrons. The van der Waals surface area contributed by atoms with Crippen LogP contribution in [-0.2, 0) is 10.0 Å². The van der Waals surface area contributed by atoms with Crippen LogP contribution >= 0.6 is 12.4 Å². The maximum Gasteiger partial charge on any atom is 0.240 e. The van der Waals surface area contributed by atoms with Crippen LogP contribution in [0.1, 0.15) is 19.3 Å². The number of halogens is 3. The lowest BCUT2D eigenvalue weighted by atomic mass is 9.78. The highest BCUT2D eigenvalue weighted by Crippen LogP contribution is 2.28. The summed E-state index contributed by atoms with van der Waals surface area (Å²) in [7, 11) is -3.85. The van der Waals surface area contributed by atoms with Crippen molar-refractivity contribution in [2.24, 2.45) is 5.73 Å². The Kier molecular flexibility index (Phi) is 4.89. The van der Waals surface area contributed by atoms with Gasteiger partial charge in [0.2, 0.25) is 10.0 Å². The van der Waals surface area contributed by atoms with Crippen LogP contribution in [-0.4, -0.2) is 20.5 Å². The largest absolute Gasteiger partial charge is 0.324 e. The fourth-order valence-electron chi connectivity index (χ4n) is 1.77. The van der Waals surface area contributed by atoms with Gasteiger partial charge in [0.15, 0.2) is 11.6 Å². The minimum atomic E-state index is -3.85. The van der Waals surface area contributed by atoms with Gasteiger partial charge in [-0.1, -0.05) is 0 Å². The van der Waals surface area contributed by atoms with Crippen LogP contribution in [0.3, 0.4) is 0 Å². The minimum absolute atomic E-state index is 0. The van der Waals surface area contributed by atoms with E-state index in [0.717, 1.165) is 31.4 Å². The number of rotatable bonds is 4. The average molecular weight is 313 g/mol. The molecule has 1 aliphatic carbocycles. The normalized spacial score (nSPS) is 17.4. The Morgan fingerprint density at radius 2 is 1.89 bits per heavy atom. The molecule has 8 heteroatoms. The summed E-state index contributed by atoms with van der Waals surface area (Å²) in [5.41, 5.74) is 5.37. The number of sulfonamides is 1. The Labute approximate surface area is 116 Å². The smallest absolute Gasteiger partial charge is 0.240 e. The molecule has 0 aliphatic heterocycles. The molecule has 0 atom stereocenters. The minimum Gasteiger partial charge on any atom is -0.324 e. The molecule has 0 radical (unpaired) electrons. The Bertz CT molecular complexity index is 562.